The largest absolute Gasteiger partial charge is 0.387 e. The Labute approximate surface area is 52.7 Å². The summed E-state index contributed by atoms with van der Waals surface area (Å²) in [4.78, 5) is 0. The van der Waals surface area contributed by atoms with Crippen LogP contribution in [0.1, 0.15) is 19.8 Å². The van der Waals surface area contributed by atoms with Crippen molar-refractivity contribution >= 4 is 0 Å². The Morgan fingerprint density at radius 1 is 1.44 bits per heavy atom. The van der Waals surface area contributed by atoms with Gasteiger partial charge < -0.3 is 5.11 Å². The van der Waals surface area contributed by atoms with Gasteiger partial charge in [0.25, 0.3) is 6.43 Å². The average molecular weight is 136 g/mol. The molecule has 1 aliphatic carbocycles. The predicted molar refractivity (Wildman–Crippen MR) is 29.4 cm³/mol. The number of rotatable bonds is 2. The van der Waals surface area contributed by atoms with Crippen LogP contribution in [0.25, 0.3) is 0 Å². The van der Waals surface area contributed by atoms with Crippen molar-refractivity contribution in [2.75, 3.05) is 0 Å². The Kier molecular flexibility index (Phi) is 1.47. The van der Waals surface area contributed by atoms with Gasteiger partial charge in [-0.3, -0.25) is 0 Å². The van der Waals surface area contributed by atoms with Crippen LogP contribution in [0.3, 0.4) is 0 Å². The van der Waals surface area contributed by atoms with Crippen molar-refractivity contribution < 1.29 is 13.9 Å². The van der Waals surface area contributed by atoms with Crippen molar-refractivity contribution in [3.8, 4) is 0 Å². The van der Waals surface area contributed by atoms with Crippen LogP contribution in [0.5, 0.6) is 0 Å². The number of aliphatic hydroxyl groups excluding tert-OH is 1. The van der Waals surface area contributed by atoms with E-state index in [9.17, 15) is 8.78 Å². The maximum atomic E-state index is 11.7. The second-order valence-corrected chi connectivity index (χ2v) is 2.93. The van der Waals surface area contributed by atoms with E-state index >= 15 is 0 Å². The second kappa shape index (κ2) is 1.90. The van der Waals surface area contributed by atoms with Crippen molar-refractivity contribution in [3.63, 3.8) is 0 Å². The van der Waals surface area contributed by atoms with Crippen LogP contribution in [-0.2, 0) is 0 Å². The molecule has 0 aromatic heterocycles. The summed E-state index contributed by atoms with van der Waals surface area (Å²) in [6.07, 6.45) is -2.51. The number of hydrogen-bond donors (Lipinski definition) is 1. The molecule has 1 fully saturated rings. The van der Waals surface area contributed by atoms with Gasteiger partial charge in [-0.25, -0.2) is 8.78 Å². The summed E-state index contributed by atoms with van der Waals surface area (Å²) in [7, 11) is 0. The monoisotopic (exact) mass is 136 g/mol. The third kappa shape index (κ3) is 1.21. The zero-order valence-electron chi connectivity index (χ0n) is 5.27. The summed E-state index contributed by atoms with van der Waals surface area (Å²) in [6, 6.07) is 0. The van der Waals surface area contributed by atoms with Crippen molar-refractivity contribution in [2.45, 2.75) is 32.3 Å². The Morgan fingerprint density at radius 2 is 1.89 bits per heavy atom. The summed E-state index contributed by atoms with van der Waals surface area (Å²) in [5.74, 6) is 0. The fraction of sp³-hybridized carbons (Fsp3) is 1.00. The van der Waals surface area contributed by atoms with Gasteiger partial charge in [0.2, 0.25) is 0 Å². The van der Waals surface area contributed by atoms with Crippen LogP contribution in [0.2, 0.25) is 0 Å². The van der Waals surface area contributed by atoms with Gasteiger partial charge in [-0.05, 0) is 18.3 Å². The quantitative estimate of drug-likeness (QED) is 0.608. The first-order valence-electron chi connectivity index (χ1n) is 3.02. The van der Waals surface area contributed by atoms with E-state index in [0.29, 0.717) is 0 Å². The van der Waals surface area contributed by atoms with Crippen molar-refractivity contribution in [1.29, 1.82) is 0 Å². The normalized spacial score (nSPS) is 26.3. The topological polar surface area (TPSA) is 20.2 Å². The van der Waals surface area contributed by atoms with Gasteiger partial charge in [-0.2, -0.15) is 0 Å². The molecule has 0 aromatic carbocycles. The Balaban J connectivity index is 2.42. The summed E-state index contributed by atoms with van der Waals surface area (Å²) in [5.41, 5.74) is -0.464. The van der Waals surface area contributed by atoms with Gasteiger partial charge in [0.05, 0.1) is 0 Å². The Hall–Kier alpha value is -0.180. The lowest BCUT2D eigenvalue weighted by Crippen LogP contribution is -2.26. The molecule has 9 heavy (non-hydrogen) atoms. The molecule has 0 aromatic rings. The third-order valence-corrected chi connectivity index (χ3v) is 1.99. The van der Waals surface area contributed by atoms with Crippen LogP contribution in [-0.4, -0.2) is 17.6 Å². The van der Waals surface area contributed by atoms with Crippen LogP contribution in [0.15, 0.2) is 0 Å². The predicted octanol–water partition coefficient (Wildman–Crippen LogP) is 1.41. The molecule has 1 N–H and O–H groups in total. The standard InChI is InChI=1S/C6H10F2O/c1-6(2-3-6)4(9)5(7)8/h4-5,9H,2-3H2,1H3. The van der Waals surface area contributed by atoms with E-state index in [-0.39, 0.29) is 0 Å². The molecule has 1 aliphatic rings. The first-order chi connectivity index (χ1) is 4.06. The molecule has 0 saturated heterocycles. The highest BCUT2D eigenvalue weighted by molar-refractivity contribution is 4.95. The molecule has 0 bridgehead atoms. The van der Waals surface area contributed by atoms with Crippen molar-refractivity contribution in [3.05, 3.63) is 0 Å². The molecular weight excluding hydrogens is 126 g/mol. The Morgan fingerprint density at radius 3 is 2.00 bits per heavy atom. The number of hydrogen-bond acceptors (Lipinski definition) is 1. The average Bonchev–Trinajstić information content (AvgIpc) is 2.47. The molecule has 1 rings (SSSR count). The summed E-state index contributed by atoms with van der Waals surface area (Å²) < 4.78 is 23.4. The number of halogens is 2. The third-order valence-electron chi connectivity index (χ3n) is 1.99. The molecular formula is C6H10F2O. The van der Waals surface area contributed by atoms with E-state index in [1.807, 2.05) is 0 Å². The lowest BCUT2D eigenvalue weighted by atomic mass is 10.0. The molecule has 0 amide bonds. The minimum absolute atomic E-state index is 0.464. The summed E-state index contributed by atoms with van der Waals surface area (Å²) >= 11 is 0. The van der Waals surface area contributed by atoms with E-state index in [2.05, 4.69) is 0 Å². The van der Waals surface area contributed by atoms with Gasteiger partial charge in [-0.15, -0.1) is 0 Å². The highest BCUT2D eigenvalue weighted by Crippen LogP contribution is 2.49. The molecule has 0 aliphatic heterocycles. The fourth-order valence-corrected chi connectivity index (χ4v) is 0.797. The SMILES string of the molecule is CC1(C(O)C(F)F)CC1. The zero-order chi connectivity index (χ0) is 7.07. The molecule has 1 atom stereocenters. The zero-order valence-corrected chi connectivity index (χ0v) is 5.27. The van der Waals surface area contributed by atoms with Gasteiger partial charge in [-0.1, -0.05) is 6.92 Å². The number of aliphatic hydroxyl groups is 1. The fourth-order valence-electron chi connectivity index (χ4n) is 0.797. The first kappa shape index (κ1) is 6.93. The molecule has 1 saturated carbocycles. The first-order valence-corrected chi connectivity index (χ1v) is 3.02. The highest BCUT2D eigenvalue weighted by atomic mass is 19.3. The van der Waals surface area contributed by atoms with Gasteiger partial charge in [0.15, 0.2) is 0 Å². The van der Waals surface area contributed by atoms with Crippen molar-refractivity contribution in [1.82, 2.24) is 0 Å². The van der Waals surface area contributed by atoms with E-state index in [1.165, 1.54) is 0 Å². The Bertz CT molecular complexity index is 110. The molecule has 0 spiro atoms. The molecule has 0 radical (unpaired) electrons. The molecule has 3 heteroatoms. The maximum Gasteiger partial charge on any atom is 0.264 e. The molecule has 0 heterocycles. The minimum atomic E-state index is -2.57. The van der Waals surface area contributed by atoms with Crippen LogP contribution < -0.4 is 0 Å². The molecule has 54 valence electrons. The second-order valence-electron chi connectivity index (χ2n) is 2.93. The maximum absolute atomic E-state index is 11.7. The van der Waals surface area contributed by atoms with Crippen molar-refractivity contribution in [2.24, 2.45) is 5.41 Å². The van der Waals surface area contributed by atoms with E-state index in [1.54, 1.807) is 6.92 Å². The lowest BCUT2D eigenvalue weighted by molar-refractivity contribution is -0.0427. The lowest BCUT2D eigenvalue weighted by Gasteiger charge is -2.15. The number of alkyl halides is 2. The van der Waals surface area contributed by atoms with Crippen LogP contribution in [0.4, 0.5) is 8.78 Å². The van der Waals surface area contributed by atoms with Crippen LogP contribution >= 0.6 is 0 Å². The summed E-state index contributed by atoms with van der Waals surface area (Å²) in [6.45, 7) is 1.68. The van der Waals surface area contributed by atoms with Crippen LogP contribution in [0, 0.1) is 5.41 Å². The molecule has 1 unspecified atom stereocenters. The highest BCUT2D eigenvalue weighted by Gasteiger charge is 2.48. The molecule has 1 nitrogen and oxygen atoms in total. The van der Waals surface area contributed by atoms with Gasteiger partial charge in [0, 0.05) is 0 Å². The minimum Gasteiger partial charge on any atom is -0.387 e. The summed E-state index contributed by atoms with van der Waals surface area (Å²) in [5, 5.41) is 8.78. The van der Waals surface area contributed by atoms with Gasteiger partial charge >= 0.3 is 0 Å². The van der Waals surface area contributed by atoms with Gasteiger partial charge in [0.1, 0.15) is 6.10 Å². The smallest absolute Gasteiger partial charge is 0.264 e. The van der Waals surface area contributed by atoms with E-state index < -0.39 is 17.9 Å². The van der Waals surface area contributed by atoms with E-state index in [4.69, 9.17) is 5.11 Å². The van der Waals surface area contributed by atoms with E-state index in [0.717, 1.165) is 12.8 Å².